The molecule has 0 radical (unpaired) electrons. The lowest BCUT2D eigenvalue weighted by atomic mass is 10.3. The smallest absolute Gasteiger partial charge is 0.172 e. The number of aromatic nitrogens is 3. The molecule has 102 valence electrons. The van der Waals surface area contributed by atoms with Crippen LogP contribution in [0.5, 0.6) is 0 Å². The Morgan fingerprint density at radius 2 is 2.25 bits per heavy atom. The van der Waals surface area contributed by atoms with Crippen LogP contribution in [0.3, 0.4) is 0 Å². The van der Waals surface area contributed by atoms with Crippen LogP contribution < -0.4 is 0 Å². The molecule has 0 spiro atoms. The van der Waals surface area contributed by atoms with Gasteiger partial charge < -0.3 is 4.52 Å². The number of nitrogens with zero attached hydrogens (tertiary/aromatic N) is 3. The Hall–Kier alpha value is -2.08. The van der Waals surface area contributed by atoms with Crippen molar-refractivity contribution in [2.45, 2.75) is 17.8 Å². The molecule has 2 aromatic heterocycles. The van der Waals surface area contributed by atoms with Crippen LogP contribution in [0.2, 0.25) is 0 Å². The van der Waals surface area contributed by atoms with Crippen LogP contribution in [0.25, 0.3) is 5.69 Å². The van der Waals surface area contributed by atoms with Crippen molar-refractivity contribution < 1.29 is 8.91 Å². The quantitative estimate of drug-likeness (QED) is 0.688. The van der Waals surface area contributed by atoms with Crippen molar-refractivity contribution >= 4 is 11.8 Å². The molecule has 0 fully saturated rings. The molecule has 0 unspecified atom stereocenters. The summed E-state index contributed by atoms with van der Waals surface area (Å²) in [6.07, 6.45) is 3.51. The van der Waals surface area contributed by atoms with E-state index in [2.05, 4.69) is 10.1 Å². The third kappa shape index (κ3) is 2.75. The second kappa shape index (κ2) is 5.50. The largest absolute Gasteiger partial charge is 0.361 e. The molecule has 0 aliphatic heterocycles. The summed E-state index contributed by atoms with van der Waals surface area (Å²) in [6, 6.07) is 8.31. The molecule has 4 nitrogen and oxygen atoms in total. The number of halogens is 1. The highest BCUT2D eigenvalue weighted by atomic mass is 32.2. The number of thioether (sulfide) groups is 1. The van der Waals surface area contributed by atoms with E-state index >= 15 is 0 Å². The number of rotatable bonds is 4. The number of hydrogen-bond donors (Lipinski definition) is 0. The Labute approximate surface area is 119 Å². The predicted octanol–water partition coefficient (Wildman–Crippen LogP) is 3.60. The van der Waals surface area contributed by atoms with Crippen molar-refractivity contribution in [3.63, 3.8) is 0 Å². The molecule has 2 heterocycles. The number of hydrogen-bond acceptors (Lipinski definition) is 4. The van der Waals surface area contributed by atoms with Gasteiger partial charge in [0, 0.05) is 24.2 Å². The van der Waals surface area contributed by atoms with E-state index in [-0.39, 0.29) is 5.82 Å². The Morgan fingerprint density at radius 1 is 1.35 bits per heavy atom. The predicted molar refractivity (Wildman–Crippen MR) is 74.3 cm³/mol. The molecule has 0 atom stereocenters. The summed E-state index contributed by atoms with van der Waals surface area (Å²) in [6.45, 7) is 1.86. The van der Waals surface area contributed by atoms with Crippen LogP contribution in [-0.4, -0.2) is 14.7 Å². The van der Waals surface area contributed by atoms with E-state index in [1.807, 2.05) is 29.8 Å². The summed E-state index contributed by atoms with van der Waals surface area (Å²) >= 11 is 1.53. The average Bonchev–Trinajstić information content (AvgIpc) is 3.05. The van der Waals surface area contributed by atoms with Gasteiger partial charge in [0.15, 0.2) is 5.16 Å². The van der Waals surface area contributed by atoms with Crippen LogP contribution >= 0.6 is 11.8 Å². The second-order valence-electron chi connectivity index (χ2n) is 4.28. The van der Waals surface area contributed by atoms with Gasteiger partial charge in [0.1, 0.15) is 11.6 Å². The summed E-state index contributed by atoms with van der Waals surface area (Å²) in [7, 11) is 0. The number of imidazole rings is 1. The normalized spacial score (nSPS) is 10.9. The third-order valence-corrected chi connectivity index (χ3v) is 3.72. The minimum atomic E-state index is -0.265. The zero-order chi connectivity index (χ0) is 13.9. The standard InChI is InChI=1S/C14H12FN3OS/c1-10-7-12(17-19-10)9-20-14-16-5-6-18(14)13-4-2-3-11(15)8-13/h2-8H,9H2,1H3. The SMILES string of the molecule is Cc1cc(CSc2nccn2-c2cccc(F)c2)no1. The van der Waals surface area contributed by atoms with Crippen molar-refractivity contribution in [2.24, 2.45) is 0 Å². The maximum absolute atomic E-state index is 13.3. The highest BCUT2D eigenvalue weighted by molar-refractivity contribution is 7.98. The van der Waals surface area contributed by atoms with Crippen molar-refractivity contribution in [2.75, 3.05) is 0 Å². The fraction of sp³-hybridized carbons (Fsp3) is 0.143. The van der Waals surface area contributed by atoms with Gasteiger partial charge in [-0.15, -0.1) is 0 Å². The van der Waals surface area contributed by atoms with Crippen molar-refractivity contribution in [3.05, 3.63) is 60.0 Å². The summed E-state index contributed by atoms with van der Waals surface area (Å²) in [5, 5.41) is 4.73. The Kier molecular flexibility index (Phi) is 3.56. The maximum Gasteiger partial charge on any atom is 0.172 e. The molecule has 1 aromatic carbocycles. The zero-order valence-corrected chi connectivity index (χ0v) is 11.6. The summed E-state index contributed by atoms with van der Waals surface area (Å²) in [4.78, 5) is 4.29. The first-order valence-electron chi connectivity index (χ1n) is 6.06. The third-order valence-electron chi connectivity index (χ3n) is 2.72. The molecular weight excluding hydrogens is 277 g/mol. The van der Waals surface area contributed by atoms with Gasteiger partial charge >= 0.3 is 0 Å². The van der Waals surface area contributed by atoms with Gasteiger partial charge in [0.2, 0.25) is 0 Å². The molecule has 6 heteroatoms. The average molecular weight is 289 g/mol. The zero-order valence-electron chi connectivity index (χ0n) is 10.8. The first-order chi connectivity index (χ1) is 9.72. The van der Waals surface area contributed by atoms with Gasteiger partial charge in [-0.1, -0.05) is 23.0 Å². The molecule has 3 rings (SSSR count). The first-order valence-corrected chi connectivity index (χ1v) is 7.05. The van der Waals surface area contributed by atoms with Crippen LogP contribution in [0.4, 0.5) is 4.39 Å². The van der Waals surface area contributed by atoms with E-state index < -0.39 is 0 Å². The van der Waals surface area contributed by atoms with E-state index in [1.165, 1.54) is 23.9 Å². The number of aryl methyl sites for hydroxylation is 1. The van der Waals surface area contributed by atoms with Gasteiger partial charge in [0.25, 0.3) is 0 Å². The van der Waals surface area contributed by atoms with Crippen molar-refractivity contribution in [3.8, 4) is 5.69 Å². The lowest BCUT2D eigenvalue weighted by Crippen LogP contribution is -1.96. The minimum Gasteiger partial charge on any atom is -0.361 e. The van der Waals surface area contributed by atoms with Crippen LogP contribution in [0, 0.1) is 12.7 Å². The topological polar surface area (TPSA) is 43.9 Å². The molecule has 0 amide bonds. The summed E-state index contributed by atoms with van der Waals surface area (Å²) < 4.78 is 20.2. The monoisotopic (exact) mass is 289 g/mol. The molecule has 0 aliphatic rings. The Balaban J connectivity index is 1.80. The molecular formula is C14H12FN3OS. The highest BCUT2D eigenvalue weighted by Crippen LogP contribution is 2.24. The molecule has 3 aromatic rings. The molecule has 20 heavy (non-hydrogen) atoms. The second-order valence-corrected chi connectivity index (χ2v) is 5.22. The molecule has 0 N–H and O–H groups in total. The molecule has 0 aliphatic carbocycles. The van der Waals surface area contributed by atoms with Gasteiger partial charge in [-0.05, 0) is 25.1 Å². The molecule has 0 bridgehead atoms. The van der Waals surface area contributed by atoms with Crippen LogP contribution in [0.15, 0.2) is 52.4 Å². The van der Waals surface area contributed by atoms with Gasteiger partial charge in [-0.3, -0.25) is 4.57 Å². The lowest BCUT2D eigenvalue weighted by Gasteiger charge is -2.06. The van der Waals surface area contributed by atoms with E-state index in [0.717, 1.165) is 22.3 Å². The van der Waals surface area contributed by atoms with Gasteiger partial charge in [-0.2, -0.15) is 0 Å². The van der Waals surface area contributed by atoms with E-state index in [0.29, 0.717) is 5.75 Å². The van der Waals surface area contributed by atoms with Crippen molar-refractivity contribution in [1.82, 2.24) is 14.7 Å². The van der Waals surface area contributed by atoms with Crippen molar-refractivity contribution in [1.29, 1.82) is 0 Å². The van der Waals surface area contributed by atoms with Crippen LogP contribution in [0.1, 0.15) is 11.5 Å². The summed E-state index contributed by atoms with van der Waals surface area (Å²) in [5.41, 5.74) is 1.61. The van der Waals surface area contributed by atoms with Crippen LogP contribution in [-0.2, 0) is 5.75 Å². The number of benzene rings is 1. The fourth-order valence-electron chi connectivity index (χ4n) is 1.84. The fourth-order valence-corrected chi connectivity index (χ4v) is 2.70. The van der Waals surface area contributed by atoms with Gasteiger partial charge in [-0.25, -0.2) is 9.37 Å². The highest BCUT2D eigenvalue weighted by Gasteiger charge is 2.08. The lowest BCUT2D eigenvalue weighted by molar-refractivity contribution is 0.393. The van der Waals surface area contributed by atoms with Gasteiger partial charge in [0.05, 0.1) is 11.4 Å². The van der Waals surface area contributed by atoms with E-state index in [9.17, 15) is 4.39 Å². The minimum absolute atomic E-state index is 0.265. The first kappa shape index (κ1) is 12.9. The van der Waals surface area contributed by atoms with E-state index in [4.69, 9.17) is 4.52 Å². The Morgan fingerprint density at radius 3 is 3.00 bits per heavy atom. The maximum atomic E-state index is 13.3. The summed E-state index contributed by atoms with van der Waals surface area (Å²) in [5.74, 6) is 1.18. The Bertz CT molecular complexity index is 723. The molecule has 0 saturated carbocycles. The van der Waals surface area contributed by atoms with E-state index in [1.54, 1.807) is 12.3 Å². The molecule has 0 saturated heterocycles.